The Hall–Kier alpha value is -2.02. The predicted molar refractivity (Wildman–Crippen MR) is 114 cm³/mol. The normalized spacial score (nSPS) is 14.1. The lowest BCUT2D eigenvalue weighted by molar-refractivity contribution is 0.574. The first kappa shape index (κ1) is 18.8. The van der Waals surface area contributed by atoms with Gasteiger partial charge in [0.1, 0.15) is 0 Å². The topological polar surface area (TPSA) is 4.93 Å². The van der Waals surface area contributed by atoms with E-state index in [9.17, 15) is 0 Å². The smallest absolute Gasteiger partial charge is 0.0480 e. The quantitative estimate of drug-likeness (QED) is 0.441. The Kier molecular flexibility index (Phi) is 5.55. The third-order valence-corrected chi connectivity index (χ3v) is 5.89. The van der Waals surface area contributed by atoms with E-state index in [1.54, 1.807) is 0 Å². The minimum atomic E-state index is 0.580. The summed E-state index contributed by atoms with van der Waals surface area (Å²) in [5, 5.41) is 1.43. The average Bonchev–Trinajstić information content (AvgIpc) is 2.95. The number of fused-ring (bicyclic) bond motifs is 1. The Balaban J connectivity index is 1.74. The van der Waals surface area contributed by atoms with Crippen LogP contribution in [0, 0.1) is 6.92 Å². The first-order chi connectivity index (χ1) is 12.4. The van der Waals surface area contributed by atoms with Gasteiger partial charge in [0.2, 0.25) is 0 Å². The van der Waals surface area contributed by atoms with Crippen LogP contribution in [0.2, 0.25) is 0 Å². The van der Waals surface area contributed by atoms with Crippen molar-refractivity contribution in [1.82, 2.24) is 4.57 Å². The van der Waals surface area contributed by atoms with Gasteiger partial charge >= 0.3 is 0 Å². The molecule has 3 rings (SSSR count). The zero-order valence-corrected chi connectivity index (χ0v) is 17.2. The van der Waals surface area contributed by atoms with E-state index >= 15 is 0 Å². The van der Waals surface area contributed by atoms with E-state index in [0.29, 0.717) is 17.8 Å². The standard InChI is InChI=1S/C25H33N/c1-17(2)21-8-7-9-22(15-21)19(4)11-12-20(5)24-16-26(6)25-13-10-18(3)14-23(24)25/h7-10,13-17,19-20H,11-12H2,1-6H3. The fraction of sp³-hybridized carbons (Fsp3) is 0.440. The molecule has 0 saturated heterocycles. The Morgan fingerprint density at radius 2 is 1.54 bits per heavy atom. The summed E-state index contributed by atoms with van der Waals surface area (Å²) in [4.78, 5) is 0. The predicted octanol–water partition coefficient (Wildman–Crippen LogP) is 7.30. The molecule has 2 aromatic carbocycles. The lowest BCUT2D eigenvalue weighted by Crippen LogP contribution is -2.00. The van der Waals surface area contributed by atoms with Gasteiger partial charge in [-0.1, -0.05) is 63.6 Å². The van der Waals surface area contributed by atoms with Gasteiger partial charge in [-0.15, -0.1) is 0 Å². The largest absolute Gasteiger partial charge is 0.350 e. The maximum Gasteiger partial charge on any atom is 0.0480 e. The van der Waals surface area contributed by atoms with Crippen LogP contribution in [-0.4, -0.2) is 4.57 Å². The van der Waals surface area contributed by atoms with Crippen molar-refractivity contribution in [3.8, 4) is 0 Å². The van der Waals surface area contributed by atoms with E-state index in [1.807, 2.05) is 0 Å². The van der Waals surface area contributed by atoms with Crippen LogP contribution >= 0.6 is 0 Å². The van der Waals surface area contributed by atoms with E-state index in [0.717, 1.165) is 0 Å². The number of hydrogen-bond acceptors (Lipinski definition) is 0. The fourth-order valence-corrected chi connectivity index (χ4v) is 3.98. The van der Waals surface area contributed by atoms with Crippen molar-refractivity contribution in [2.75, 3.05) is 0 Å². The molecule has 0 spiro atoms. The summed E-state index contributed by atoms with van der Waals surface area (Å²) in [5.41, 5.74) is 7.12. The molecule has 2 unspecified atom stereocenters. The maximum atomic E-state index is 2.40. The molecule has 0 aliphatic carbocycles. The molecule has 2 atom stereocenters. The van der Waals surface area contributed by atoms with Crippen molar-refractivity contribution in [1.29, 1.82) is 0 Å². The van der Waals surface area contributed by atoms with Crippen molar-refractivity contribution >= 4 is 10.9 Å². The number of rotatable bonds is 6. The molecule has 1 heteroatoms. The van der Waals surface area contributed by atoms with Crippen molar-refractivity contribution in [3.05, 3.63) is 70.9 Å². The number of aromatic nitrogens is 1. The van der Waals surface area contributed by atoms with Gasteiger partial charge in [-0.3, -0.25) is 0 Å². The zero-order chi connectivity index (χ0) is 18.8. The molecule has 0 bridgehead atoms. The van der Waals surface area contributed by atoms with E-state index in [-0.39, 0.29) is 0 Å². The summed E-state index contributed by atoms with van der Waals surface area (Å²) in [6.45, 7) is 11.5. The monoisotopic (exact) mass is 347 g/mol. The molecule has 0 amide bonds. The van der Waals surface area contributed by atoms with Gasteiger partial charge in [0.15, 0.2) is 0 Å². The Morgan fingerprint density at radius 1 is 0.846 bits per heavy atom. The number of benzene rings is 2. The zero-order valence-electron chi connectivity index (χ0n) is 17.2. The van der Waals surface area contributed by atoms with Crippen LogP contribution in [0.4, 0.5) is 0 Å². The van der Waals surface area contributed by atoms with Gasteiger partial charge in [-0.2, -0.15) is 0 Å². The summed E-state index contributed by atoms with van der Waals surface area (Å²) in [6.07, 6.45) is 4.78. The summed E-state index contributed by atoms with van der Waals surface area (Å²) in [5.74, 6) is 1.78. The highest BCUT2D eigenvalue weighted by atomic mass is 14.9. The molecule has 1 heterocycles. The average molecular weight is 348 g/mol. The molecule has 0 radical (unpaired) electrons. The third-order valence-electron chi connectivity index (χ3n) is 5.89. The van der Waals surface area contributed by atoms with Crippen LogP contribution < -0.4 is 0 Å². The highest BCUT2D eigenvalue weighted by molar-refractivity contribution is 5.85. The minimum Gasteiger partial charge on any atom is -0.350 e. The molecule has 1 nitrogen and oxygen atoms in total. The van der Waals surface area contributed by atoms with Crippen molar-refractivity contribution in [2.45, 2.75) is 65.2 Å². The first-order valence-corrected chi connectivity index (χ1v) is 10.0. The van der Waals surface area contributed by atoms with Gasteiger partial charge in [0.25, 0.3) is 0 Å². The summed E-state index contributed by atoms with van der Waals surface area (Å²) in [6, 6.07) is 16.0. The van der Waals surface area contributed by atoms with Crippen LogP contribution in [0.5, 0.6) is 0 Å². The van der Waals surface area contributed by atoms with Crippen molar-refractivity contribution in [2.24, 2.45) is 7.05 Å². The van der Waals surface area contributed by atoms with E-state index < -0.39 is 0 Å². The van der Waals surface area contributed by atoms with Gasteiger partial charge in [-0.25, -0.2) is 0 Å². The third kappa shape index (κ3) is 3.87. The molecule has 26 heavy (non-hydrogen) atoms. The lowest BCUT2D eigenvalue weighted by atomic mass is 9.87. The van der Waals surface area contributed by atoms with E-state index in [2.05, 4.69) is 94.9 Å². The molecule has 0 aliphatic rings. The summed E-state index contributed by atoms with van der Waals surface area (Å²) < 4.78 is 2.27. The van der Waals surface area contributed by atoms with Crippen molar-refractivity contribution in [3.63, 3.8) is 0 Å². The molecular formula is C25H33N. The van der Waals surface area contributed by atoms with Crippen LogP contribution in [0.25, 0.3) is 10.9 Å². The van der Waals surface area contributed by atoms with Gasteiger partial charge in [0.05, 0.1) is 0 Å². The van der Waals surface area contributed by atoms with E-state index in [4.69, 9.17) is 0 Å². The van der Waals surface area contributed by atoms with Gasteiger partial charge < -0.3 is 4.57 Å². The molecule has 0 aliphatic heterocycles. The Morgan fingerprint density at radius 3 is 2.27 bits per heavy atom. The lowest BCUT2D eigenvalue weighted by Gasteiger charge is -2.17. The van der Waals surface area contributed by atoms with Crippen molar-refractivity contribution < 1.29 is 0 Å². The van der Waals surface area contributed by atoms with E-state index in [1.165, 1.54) is 46.0 Å². The second kappa shape index (κ2) is 7.70. The van der Waals surface area contributed by atoms with Crippen LogP contribution in [0.1, 0.15) is 80.5 Å². The molecule has 138 valence electrons. The highest BCUT2D eigenvalue weighted by Gasteiger charge is 2.15. The number of hydrogen-bond donors (Lipinski definition) is 0. The second-order valence-electron chi connectivity index (χ2n) is 8.42. The summed E-state index contributed by atoms with van der Waals surface area (Å²) >= 11 is 0. The number of nitrogens with zero attached hydrogens (tertiary/aromatic N) is 1. The molecule has 0 saturated carbocycles. The molecule has 1 aromatic heterocycles. The van der Waals surface area contributed by atoms with Gasteiger partial charge in [0, 0.05) is 24.1 Å². The van der Waals surface area contributed by atoms with Crippen LogP contribution in [0.15, 0.2) is 48.7 Å². The Bertz CT molecular complexity index is 884. The molecule has 0 fully saturated rings. The highest BCUT2D eigenvalue weighted by Crippen LogP contribution is 2.33. The van der Waals surface area contributed by atoms with Gasteiger partial charge in [-0.05, 0) is 66.3 Å². The van der Waals surface area contributed by atoms with Crippen LogP contribution in [0.3, 0.4) is 0 Å². The van der Waals surface area contributed by atoms with Crippen LogP contribution in [-0.2, 0) is 7.05 Å². The molecular weight excluding hydrogens is 314 g/mol. The molecule has 3 aromatic rings. The SMILES string of the molecule is Cc1ccc2c(c1)c(C(C)CCC(C)c1cccc(C(C)C)c1)cn2C. The first-order valence-electron chi connectivity index (χ1n) is 10.0. The Labute approximate surface area is 159 Å². The molecule has 0 N–H and O–H groups in total. The summed E-state index contributed by atoms with van der Waals surface area (Å²) in [7, 11) is 2.16. The number of aryl methyl sites for hydroxylation is 2. The fourth-order valence-electron chi connectivity index (χ4n) is 3.98. The minimum absolute atomic E-state index is 0.580. The maximum absolute atomic E-state index is 2.40. The second-order valence-corrected chi connectivity index (χ2v) is 8.42.